The van der Waals surface area contributed by atoms with Gasteiger partial charge in [0.1, 0.15) is 11.5 Å². The summed E-state index contributed by atoms with van der Waals surface area (Å²) in [5, 5.41) is 4.07. The van der Waals surface area contributed by atoms with Gasteiger partial charge in [-0.15, -0.1) is 0 Å². The van der Waals surface area contributed by atoms with Crippen LogP contribution in [0.15, 0.2) is 84.4 Å². The molecular weight excluding hydrogens is 538 g/mol. The zero-order chi connectivity index (χ0) is 30.6. The molecule has 10 heteroatoms. The third kappa shape index (κ3) is 9.17. The van der Waals surface area contributed by atoms with Crippen LogP contribution in [0.4, 0.5) is 4.79 Å². The topological polar surface area (TPSA) is 122 Å². The fourth-order valence-electron chi connectivity index (χ4n) is 3.87. The zero-order valence-electron chi connectivity index (χ0n) is 24.9. The first-order valence-corrected chi connectivity index (χ1v) is 13.6. The molecule has 0 bridgehead atoms. The lowest BCUT2D eigenvalue weighted by atomic mass is 9.99. The molecule has 10 nitrogen and oxygen atoms in total. The fourth-order valence-corrected chi connectivity index (χ4v) is 3.87. The van der Waals surface area contributed by atoms with Crippen LogP contribution in [-0.4, -0.2) is 44.2 Å². The molecule has 0 radical (unpaired) electrons. The molecule has 0 fully saturated rings. The van der Waals surface area contributed by atoms with Gasteiger partial charge in [-0.3, -0.25) is 5.01 Å². The molecule has 224 valence electrons. The van der Waals surface area contributed by atoms with Gasteiger partial charge in [0.2, 0.25) is 12.7 Å². The van der Waals surface area contributed by atoms with Gasteiger partial charge >= 0.3 is 12.1 Å². The molecule has 0 aliphatic carbocycles. The Morgan fingerprint density at radius 2 is 1.40 bits per heavy atom. The molecule has 42 heavy (non-hydrogen) atoms. The average Bonchev–Trinajstić information content (AvgIpc) is 2.97. The number of nitrogens with one attached hydrogen (secondary N) is 1. The van der Waals surface area contributed by atoms with Crippen molar-refractivity contribution in [1.29, 1.82) is 0 Å². The number of hydrogen-bond donors (Lipinski definition) is 2. The highest BCUT2D eigenvalue weighted by molar-refractivity contribution is 5.88. The number of rotatable bonds is 13. The molecule has 3 N–H and O–H groups in total. The third-order valence-electron chi connectivity index (χ3n) is 6.12. The molecule has 0 aromatic heterocycles. The minimum atomic E-state index is -0.955. The van der Waals surface area contributed by atoms with Crippen molar-refractivity contribution >= 4 is 12.1 Å². The minimum absolute atomic E-state index is 0.00267. The summed E-state index contributed by atoms with van der Waals surface area (Å²) < 4.78 is 26.2. The quantitative estimate of drug-likeness (QED) is 0.0654. The summed E-state index contributed by atoms with van der Waals surface area (Å²) in [5.74, 6) is 7.17. The van der Waals surface area contributed by atoms with Crippen molar-refractivity contribution < 1.29 is 33.3 Å². The summed E-state index contributed by atoms with van der Waals surface area (Å²) in [6.07, 6.45) is -1.33. The lowest BCUT2D eigenvalue weighted by molar-refractivity contribution is -0.149. The largest absolute Gasteiger partial charge is 0.511 e. The Bertz CT molecular complexity index is 1340. The first-order chi connectivity index (χ1) is 20.1. The molecule has 3 aromatic rings. The van der Waals surface area contributed by atoms with Crippen LogP contribution in [-0.2, 0) is 25.5 Å². The average molecular weight is 578 g/mol. The standard InChI is InChI=1S/C32H39N3O7/c1-21(2)24-9-11-25(12-10-24)26-13-17-28(18-14-26)42-30(35(33)19-23-7-15-27(38-6)16-8-23)29(34-5)31(36)39-20-40-32(37)41-22(3)4/h7-18,21-22,34H,19-20,33H2,1-6H3/b30-29+. The monoisotopic (exact) mass is 577 g/mol. The number of hydrazine groups is 1. The van der Waals surface area contributed by atoms with E-state index in [1.807, 2.05) is 24.3 Å². The normalized spacial score (nSPS) is 11.5. The number of likely N-dealkylation sites (N-methyl/N-ethyl adjacent to an activating group) is 1. The Morgan fingerprint density at radius 1 is 0.833 bits per heavy atom. The highest BCUT2D eigenvalue weighted by Gasteiger charge is 2.23. The Morgan fingerprint density at radius 3 is 1.93 bits per heavy atom. The van der Waals surface area contributed by atoms with Crippen molar-refractivity contribution in [2.45, 2.75) is 46.3 Å². The van der Waals surface area contributed by atoms with Crippen molar-refractivity contribution in [3.05, 3.63) is 95.5 Å². The molecule has 0 heterocycles. The van der Waals surface area contributed by atoms with Crippen molar-refractivity contribution in [1.82, 2.24) is 10.3 Å². The number of hydrogen-bond acceptors (Lipinski definition) is 10. The van der Waals surface area contributed by atoms with Gasteiger partial charge in [-0.1, -0.05) is 62.4 Å². The van der Waals surface area contributed by atoms with Gasteiger partial charge in [0.05, 0.1) is 19.8 Å². The van der Waals surface area contributed by atoms with Crippen LogP contribution < -0.4 is 20.6 Å². The maximum atomic E-state index is 13.0. The zero-order valence-corrected chi connectivity index (χ0v) is 24.9. The molecule has 0 atom stereocenters. The van der Waals surface area contributed by atoms with Gasteiger partial charge in [-0.2, -0.15) is 0 Å². The summed E-state index contributed by atoms with van der Waals surface area (Å²) in [4.78, 5) is 24.7. The maximum Gasteiger partial charge on any atom is 0.511 e. The van der Waals surface area contributed by atoms with Crippen LogP contribution in [0.3, 0.4) is 0 Å². The van der Waals surface area contributed by atoms with Crippen molar-refractivity contribution in [2.75, 3.05) is 21.0 Å². The summed E-state index contributed by atoms with van der Waals surface area (Å²) in [6.45, 7) is 7.19. The number of carbonyl (C=O) groups excluding carboxylic acids is 2. The third-order valence-corrected chi connectivity index (χ3v) is 6.12. The van der Waals surface area contributed by atoms with Gasteiger partial charge in [0.15, 0.2) is 5.70 Å². The van der Waals surface area contributed by atoms with E-state index in [1.165, 1.54) is 17.6 Å². The lowest BCUT2D eigenvalue weighted by Gasteiger charge is -2.24. The van der Waals surface area contributed by atoms with Gasteiger partial charge in [0, 0.05) is 7.05 Å². The van der Waals surface area contributed by atoms with Crippen LogP contribution in [0.25, 0.3) is 11.1 Å². The highest BCUT2D eigenvalue weighted by atomic mass is 16.8. The number of ether oxygens (including phenoxy) is 5. The second kappa shape index (κ2) is 15.3. The first-order valence-electron chi connectivity index (χ1n) is 13.6. The smallest absolute Gasteiger partial charge is 0.497 e. The summed E-state index contributed by atoms with van der Waals surface area (Å²) in [7, 11) is 3.11. The summed E-state index contributed by atoms with van der Waals surface area (Å²) in [6, 6.07) is 23.1. The van der Waals surface area contributed by atoms with Crippen LogP contribution in [0.2, 0.25) is 0 Å². The summed E-state index contributed by atoms with van der Waals surface area (Å²) >= 11 is 0. The van der Waals surface area contributed by atoms with E-state index >= 15 is 0 Å². The van der Waals surface area contributed by atoms with Crippen LogP contribution >= 0.6 is 0 Å². The van der Waals surface area contributed by atoms with Gasteiger partial charge < -0.3 is 29.0 Å². The molecule has 0 aliphatic heterocycles. The molecule has 3 rings (SSSR count). The van der Waals surface area contributed by atoms with Crippen molar-refractivity contribution in [3.8, 4) is 22.6 Å². The van der Waals surface area contributed by atoms with E-state index in [-0.39, 0.29) is 24.2 Å². The Kier molecular flexibility index (Phi) is 11.6. The Balaban J connectivity index is 1.84. The van der Waals surface area contributed by atoms with E-state index < -0.39 is 18.9 Å². The van der Waals surface area contributed by atoms with Crippen molar-refractivity contribution in [3.63, 3.8) is 0 Å². The Hall–Kier alpha value is -4.70. The number of carbonyl (C=O) groups is 2. The Labute approximate surface area is 246 Å². The van der Waals surface area contributed by atoms with Crippen LogP contribution in [0.5, 0.6) is 11.5 Å². The molecular formula is C32H39N3O7. The molecule has 0 aliphatic rings. The van der Waals surface area contributed by atoms with E-state index in [2.05, 4.69) is 43.4 Å². The predicted molar refractivity (Wildman–Crippen MR) is 159 cm³/mol. The number of benzene rings is 3. The molecule has 3 aromatic carbocycles. The number of methoxy groups -OCH3 is 1. The van der Waals surface area contributed by atoms with E-state index in [0.717, 1.165) is 16.7 Å². The summed E-state index contributed by atoms with van der Waals surface area (Å²) in [5.41, 5.74) is 4.09. The predicted octanol–water partition coefficient (Wildman–Crippen LogP) is 5.69. The van der Waals surface area contributed by atoms with E-state index in [4.69, 9.17) is 29.5 Å². The SMILES string of the molecule is CN/C(C(=O)OCOC(=O)OC(C)C)=C(/Oc1ccc(-c2ccc(C(C)C)cc2)cc1)N(N)Cc1ccc(OC)cc1. The number of nitrogens with zero attached hydrogens (tertiary/aromatic N) is 1. The van der Waals surface area contributed by atoms with Crippen molar-refractivity contribution in [2.24, 2.45) is 5.84 Å². The van der Waals surface area contributed by atoms with E-state index in [0.29, 0.717) is 17.4 Å². The maximum absolute atomic E-state index is 13.0. The van der Waals surface area contributed by atoms with E-state index in [9.17, 15) is 9.59 Å². The molecule has 0 spiro atoms. The number of esters is 1. The molecule has 0 amide bonds. The fraction of sp³-hybridized carbons (Fsp3) is 0.312. The second-order valence-electron chi connectivity index (χ2n) is 9.92. The first kappa shape index (κ1) is 31.8. The van der Waals surface area contributed by atoms with Gasteiger partial charge in [-0.05, 0) is 66.3 Å². The van der Waals surface area contributed by atoms with Gasteiger partial charge in [0.25, 0.3) is 0 Å². The minimum Gasteiger partial charge on any atom is -0.497 e. The number of nitrogens with two attached hydrogens (primary N) is 1. The lowest BCUT2D eigenvalue weighted by Crippen LogP contribution is -2.37. The second-order valence-corrected chi connectivity index (χ2v) is 9.92. The highest BCUT2D eigenvalue weighted by Crippen LogP contribution is 2.26. The van der Waals surface area contributed by atoms with Crippen LogP contribution in [0, 0.1) is 0 Å². The van der Waals surface area contributed by atoms with Crippen LogP contribution in [0.1, 0.15) is 44.7 Å². The van der Waals surface area contributed by atoms with E-state index in [1.54, 1.807) is 45.2 Å². The van der Waals surface area contributed by atoms with Gasteiger partial charge in [-0.25, -0.2) is 15.4 Å². The molecule has 0 saturated carbocycles. The molecule has 0 unspecified atom stereocenters. The molecule has 0 saturated heterocycles.